The standard InChI is InChI=1S/C22H21F3N4O5S/c1-2-34-22(32)15-13(9-29-6-7-33-10-14(29)21(30)31)27-19(20-26-5-8-35-20)28-18(15)11-3-4-12(23)17(25)16(11)24/h3-5,8,14,18H,2,6-7,9-10H2,1H3,(H,27,28)(H,30,31). The SMILES string of the molecule is CCOC(=O)C1=C(CN2CCOCC2C(=O)O)NC(c2nccs2)=NC1c1ccc(F)c(F)c1F. The molecule has 0 bridgehead atoms. The van der Waals surface area contributed by atoms with Crippen molar-refractivity contribution in [3.05, 3.63) is 63.0 Å². The van der Waals surface area contributed by atoms with Gasteiger partial charge in [-0.1, -0.05) is 6.07 Å². The Morgan fingerprint density at radius 3 is 2.80 bits per heavy atom. The van der Waals surface area contributed by atoms with Crippen LogP contribution in [0.15, 0.2) is 40.0 Å². The van der Waals surface area contributed by atoms with Crippen LogP contribution >= 0.6 is 11.3 Å². The summed E-state index contributed by atoms with van der Waals surface area (Å²) in [5.74, 6) is -6.38. The number of carboxylic acid groups (broad SMARTS) is 1. The first-order valence-electron chi connectivity index (χ1n) is 10.6. The van der Waals surface area contributed by atoms with E-state index in [-0.39, 0.29) is 55.6 Å². The summed E-state index contributed by atoms with van der Waals surface area (Å²) >= 11 is 1.21. The summed E-state index contributed by atoms with van der Waals surface area (Å²) in [6.07, 6.45) is 1.52. The summed E-state index contributed by atoms with van der Waals surface area (Å²) in [6.45, 7) is 1.93. The third-order valence-corrected chi connectivity index (χ3v) is 6.28. The van der Waals surface area contributed by atoms with Crippen LogP contribution in [0.3, 0.4) is 0 Å². The zero-order valence-corrected chi connectivity index (χ0v) is 19.3. The van der Waals surface area contributed by atoms with Crippen LogP contribution in [-0.4, -0.2) is 71.7 Å². The van der Waals surface area contributed by atoms with E-state index in [4.69, 9.17) is 9.47 Å². The van der Waals surface area contributed by atoms with E-state index in [1.54, 1.807) is 17.2 Å². The third-order valence-electron chi connectivity index (χ3n) is 5.50. The molecule has 2 aliphatic heterocycles. The molecular formula is C22H21F3N4O5S. The number of carboxylic acids is 1. The Morgan fingerprint density at radius 1 is 1.31 bits per heavy atom. The molecule has 186 valence electrons. The van der Waals surface area contributed by atoms with Crippen LogP contribution in [0.1, 0.15) is 23.5 Å². The fraction of sp³-hybridized carbons (Fsp3) is 0.364. The lowest BCUT2D eigenvalue weighted by Gasteiger charge is -2.35. The van der Waals surface area contributed by atoms with Gasteiger partial charge in [-0.2, -0.15) is 0 Å². The molecule has 1 aromatic carbocycles. The summed E-state index contributed by atoms with van der Waals surface area (Å²) in [5, 5.41) is 14.7. The second-order valence-electron chi connectivity index (χ2n) is 7.62. The first-order valence-corrected chi connectivity index (χ1v) is 11.5. The molecule has 2 atom stereocenters. The number of morpholine rings is 1. The number of aliphatic imine (C=N–C) groups is 1. The number of amidine groups is 1. The molecule has 13 heteroatoms. The number of aliphatic carboxylic acids is 1. The van der Waals surface area contributed by atoms with Crippen LogP contribution in [0, 0.1) is 17.5 Å². The highest BCUT2D eigenvalue weighted by molar-refractivity contribution is 7.11. The maximum atomic E-state index is 14.9. The Labute approximate surface area is 201 Å². The second-order valence-corrected chi connectivity index (χ2v) is 8.51. The number of ether oxygens (including phenoxy) is 2. The van der Waals surface area contributed by atoms with Crippen molar-refractivity contribution < 1.29 is 37.3 Å². The number of nitrogens with zero attached hydrogens (tertiary/aromatic N) is 3. The Bertz CT molecular complexity index is 1190. The van der Waals surface area contributed by atoms with Gasteiger partial charge in [0.05, 0.1) is 25.4 Å². The van der Waals surface area contributed by atoms with Gasteiger partial charge in [0.25, 0.3) is 0 Å². The minimum Gasteiger partial charge on any atom is -0.480 e. The van der Waals surface area contributed by atoms with E-state index in [2.05, 4.69) is 15.3 Å². The van der Waals surface area contributed by atoms with Crippen molar-refractivity contribution in [1.29, 1.82) is 0 Å². The molecule has 2 N–H and O–H groups in total. The number of carbonyl (C=O) groups is 2. The predicted octanol–water partition coefficient (Wildman–Crippen LogP) is 2.25. The zero-order valence-electron chi connectivity index (χ0n) is 18.5. The number of carbonyl (C=O) groups excluding carboxylic acids is 1. The van der Waals surface area contributed by atoms with Gasteiger partial charge >= 0.3 is 11.9 Å². The highest BCUT2D eigenvalue weighted by Crippen LogP contribution is 2.35. The summed E-state index contributed by atoms with van der Waals surface area (Å²) in [4.78, 5) is 35.0. The van der Waals surface area contributed by atoms with Crippen molar-refractivity contribution in [1.82, 2.24) is 15.2 Å². The van der Waals surface area contributed by atoms with Gasteiger partial charge in [-0.25, -0.2) is 22.9 Å². The second kappa shape index (κ2) is 10.5. The van der Waals surface area contributed by atoms with Crippen molar-refractivity contribution in [2.24, 2.45) is 4.99 Å². The summed E-state index contributed by atoms with van der Waals surface area (Å²) < 4.78 is 53.2. The molecule has 1 aromatic heterocycles. The molecule has 35 heavy (non-hydrogen) atoms. The van der Waals surface area contributed by atoms with Crippen LogP contribution in [0.4, 0.5) is 13.2 Å². The quantitative estimate of drug-likeness (QED) is 0.431. The number of nitrogens with one attached hydrogen (secondary N) is 1. The van der Waals surface area contributed by atoms with Crippen molar-refractivity contribution in [3.63, 3.8) is 0 Å². The number of hydrogen-bond donors (Lipinski definition) is 2. The van der Waals surface area contributed by atoms with Crippen LogP contribution in [-0.2, 0) is 19.1 Å². The molecule has 0 amide bonds. The van der Waals surface area contributed by atoms with Crippen LogP contribution in [0.5, 0.6) is 0 Å². The van der Waals surface area contributed by atoms with Gasteiger partial charge in [0.15, 0.2) is 28.3 Å². The molecular weight excluding hydrogens is 489 g/mol. The molecule has 4 rings (SSSR count). The third kappa shape index (κ3) is 5.06. The largest absolute Gasteiger partial charge is 0.480 e. The molecule has 0 spiro atoms. The van der Waals surface area contributed by atoms with E-state index in [1.165, 1.54) is 17.5 Å². The van der Waals surface area contributed by atoms with Gasteiger partial charge in [0, 0.05) is 35.9 Å². The summed E-state index contributed by atoms with van der Waals surface area (Å²) in [6, 6.07) is -0.636. The molecule has 0 saturated carbocycles. The van der Waals surface area contributed by atoms with Gasteiger partial charge in [0.2, 0.25) is 0 Å². The normalized spacial score (nSPS) is 20.9. The number of hydrogen-bond acceptors (Lipinski definition) is 9. The fourth-order valence-electron chi connectivity index (χ4n) is 3.85. The van der Waals surface area contributed by atoms with Crippen molar-refractivity contribution >= 4 is 29.1 Å². The molecule has 2 aliphatic rings. The molecule has 0 radical (unpaired) electrons. The smallest absolute Gasteiger partial charge is 0.338 e. The average Bonchev–Trinajstić information content (AvgIpc) is 3.38. The van der Waals surface area contributed by atoms with Gasteiger partial charge in [-0.3, -0.25) is 14.7 Å². The van der Waals surface area contributed by atoms with E-state index < -0.39 is 41.5 Å². The van der Waals surface area contributed by atoms with Gasteiger partial charge < -0.3 is 19.9 Å². The first-order chi connectivity index (χ1) is 16.8. The Morgan fingerprint density at radius 2 is 2.11 bits per heavy atom. The molecule has 3 heterocycles. The van der Waals surface area contributed by atoms with E-state index >= 15 is 0 Å². The van der Waals surface area contributed by atoms with Crippen molar-refractivity contribution in [2.75, 3.05) is 32.9 Å². The highest BCUT2D eigenvalue weighted by atomic mass is 32.1. The van der Waals surface area contributed by atoms with E-state index in [0.717, 1.165) is 12.1 Å². The first kappa shape index (κ1) is 24.8. The number of aromatic nitrogens is 1. The van der Waals surface area contributed by atoms with Crippen molar-refractivity contribution in [3.8, 4) is 0 Å². The number of benzene rings is 1. The van der Waals surface area contributed by atoms with E-state index in [0.29, 0.717) is 5.01 Å². The lowest BCUT2D eigenvalue weighted by atomic mass is 9.94. The number of thiazole rings is 1. The average molecular weight is 510 g/mol. The number of esters is 1. The fourth-order valence-corrected chi connectivity index (χ4v) is 4.44. The molecule has 1 saturated heterocycles. The van der Waals surface area contributed by atoms with Crippen LogP contribution in [0.2, 0.25) is 0 Å². The van der Waals surface area contributed by atoms with Gasteiger partial charge in [-0.15, -0.1) is 11.3 Å². The predicted molar refractivity (Wildman–Crippen MR) is 118 cm³/mol. The summed E-state index contributed by atoms with van der Waals surface area (Å²) in [5.41, 5.74) is -0.338. The van der Waals surface area contributed by atoms with Gasteiger partial charge in [0.1, 0.15) is 12.1 Å². The maximum Gasteiger partial charge on any atom is 0.338 e. The Kier molecular flexibility index (Phi) is 7.48. The number of halogens is 3. The monoisotopic (exact) mass is 510 g/mol. The molecule has 9 nitrogen and oxygen atoms in total. The zero-order chi connectivity index (χ0) is 25.1. The summed E-state index contributed by atoms with van der Waals surface area (Å²) in [7, 11) is 0. The molecule has 2 aromatic rings. The lowest BCUT2D eigenvalue weighted by molar-refractivity contribution is -0.149. The topological polar surface area (TPSA) is 113 Å². The van der Waals surface area contributed by atoms with Crippen LogP contribution in [0.25, 0.3) is 0 Å². The Hall–Kier alpha value is -3.29. The number of rotatable bonds is 7. The van der Waals surface area contributed by atoms with E-state index in [9.17, 15) is 27.9 Å². The lowest BCUT2D eigenvalue weighted by Crippen LogP contribution is -2.52. The molecule has 2 unspecified atom stereocenters. The van der Waals surface area contributed by atoms with Crippen LogP contribution < -0.4 is 5.32 Å². The van der Waals surface area contributed by atoms with E-state index in [1.807, 2.05) is 0 Å². The van der Waals surface area contributed by atoms with Crippen molar-refractivity contribution in [2.45, 2.75) is 19.0 Å². The van der Waals surface area contributed by atoms with Gasteiger partial charge in [-0.05, 0) is 13.0 Å². The minimum atomic E-state index is -1.70. The highest BCUT2D eigenvalue weighted by Gasteiger charge is 2.38. The molecule has 1 fully saturated rings. The maximum absolute atomic E-state index is 14.9. The Balaban J connectivity index is 1.86. The molecule has 0 aliphatic carbocycles. The minimum absolute atomic E-state index is 0.0129.